The Kier molecular flexibility index (Phi) is 5.58. The van der Waals surface area contributed by atoms with Gasteiger partial charge in [-0.1, -0.05) is 34.8 Å². The second-order valence-corrected chi connectivity index (χ2v) is 9.77. The Hall–Kier alpha value is -1.55. The molecule has 1 heterocycles. The molecule has 142 valence electrons. The summed E-state index contributed by atoms with van der Waals surface area (Å²) in [5.74, 6) is -0.761. The summed E-state index contributed by atoms with van der Waals surface area (Å²) in [5, 5.41) is 22.2. The number of hydroxylamine groups is 1. The van der Waals surface area contributed by atoms with Gasteiger partial charge < -0.3 is 5.32 Å². The molecule has 3 aromatic rings. The molecule has 1 aromatic heterocycles. The molecule has 2 aromatic carbocycles. The van der Waals surface area contributed by atoms with Gasteiger partial charge in [0.05, 0.1) is 10.0 Å². The van der Waals surface area contributed by atoms with Crippen molar-refractivity contribution >= 4 is 77.9 Å². The van der Waals surface area contributed by atoms with Crippen molar-refractivity contribution in [3.63, 3.8) is 0 Å². The molecule has 0 atom stereocenters. The molecule has 0 saturated heterocycles. The van der Waals surface area contributed by atoms with E-state index in [0.717, 1.165) is 11.3 Å². The third-order valence-corrected chi connectivity index (χ3v) is 8.03. The van der Waals surface area contributed by atoms with E-state index in [1.807, 2.05) is 0 Å². The topological polar surface area (TPSA) is 93.5 Å². The summed E-state index contributed by atoms with van der Waals surface area (Å²) in [6, 6.07) is 9.40. The van der Waals surface area contributed by atoms with E-state index in [1.54, 1.807) is 25.1 Å². The maximum atomic E-state index is 12.8. The third kappa shape index (κ3) is 3.87. The first-order valence-corrected chi connectivity index (χ1v) is 10.7. The number of anilines is 1. The number of hydrogen-bond acceptors (Lipinski definition) is 5. The molecule has 0 unspecified atom stereocenters. The van der Waals surface area contributed by atoms with Crippen molar-refractivity contribution in [2.24, 2.45) is 0 Å². The normalized spacial score (nSPS) is 11.6. The van der Waals surface area contributed by atoms with E-state index in [9.17, 15) is 13.6 Å². The lowest BCUT2D eigenvalue weighted by molar-refractivity contribution is 0.0784. The van der Waals surface area contributed by atoms with Gasteiger partial charge in [-0.25, -0.2) is 0 Å². The number of hydrogen-bond donors (Lipinski definition) is 3. The van der Waals surface area contributed by atoms with E-state index < -0.39 is 16.0 Å². The van der Waals surface area contributed by atoms with Gasteiger partial charge in [0.15, 0.2) is 0 Å². The Bertz CT molecular complexity index is 1160. The SMILES string of the molecule is Cc1c(S(=O)(=O)N(O)C(=N)Nc2ccc(Cl)c(Cl)c2)sc2ccc(Cl)cc12. The van der Waals surface area contributed by atoms with Crippen LogP contribution in [0.2, 0.25) is 15.1 Å². The molecule has 0 bridgehead atoms. The maximum Gasteiger partial charge on any atom is 0.299 e. The lowest BCUT2D eigenvalue weighted by Gasteiger charge is -2.18. The van der Waals surface area contributed by atoms with Crippen LogP contribution in [0.5, 0.6) is 0 Å². The summed E-state index contributed by atoms with van der Waals surface area (Å²) in [7, 11) is -4.36. The lowest BCUT2D eigenvalue weighted by Crippen LogP contribution is -2.37. The van der Waals surface area contributed by atoms with Crippen LogP contribution in [-0.2, 0) is 10.0 Å². The summed E-state index contributed by atoms with van der Waals surface area (Å²) in [6.45, 7) is 1.62. The molecule has 0 aliphatic rings. The highest BCUT2D eigenvalue weighted by atomic mass is 35.5. The molecule has 0 amide bonds. The first kappa shape index (κ1) is 20.2. The minimum absolute atomic E-state index is 0.0806. The second kappa shape index (κ2) is 7.46. The molecule has 3 rings (SSSR count). The number of thiophene rings is 1. The van der Waals surface area contributed by atoms with E-state index in [-0.39, 0.29) is 13.7 Å². The fourth-order valence-corrected chi connectivity index (χ4v) is 5.61. The molecule has 11 heteroatoms. The number of rotatable bonds is 3. The van der Waals surface area contributed by atoms with Crippen LogP contribution in [0.4, 0.5) is 5.69 Å². The molecule has 0 fully saturated rings. The van der Waals surface area contributed by atoms with Gasteiger partial charge in [-0.2, -0.15) is 8.42 Å². The molecule has 0 spiro atoms. The van der Waals surface area contributed by atoms with E-state index in [2.05, 4.69) is 5.32 Å². The first-order valence-electron chi connectivity index (χ1n) is 7.34. The van der Waals surface area contributed by atoms with Crippen LogP contribution in [0.15, 0.2) is 40.6 Å². The van der Waals surface area contributed by atoms with Crippen LogP contribution in [0.25, 0.3) is 10.1 Å². The molecule has 0 radical (unpaired) electrons. The van der Waals surface area contributed by atoms with E-state index in [4.69, 9.17) is 40.2 Å². The Labute approximate surface area is 174 Å². The average molecular weight is 465 g/mol. The zero-order valence-corrected chi connectivity index (χ0v) is 17.5. The van der Waals surface area contributed by atoms with Crippen LogP contribution in [0.3, 0.4) is 0 Å². The second-order valence-electron chi connectivity index (χ2n) is 5.51. The van der Waals surface area contributed by atoms with Gasteiger partial charge in [0, 0.05) is 15.4 Å². The quantitative estimate of drug-likeness (QED) is 0.267. The number of benzene rings is 2. The standard InChI is InChI=1S/C16H12Cl3N3O3S2/c1-8-11-6-9(17)2-5-14(11)26-15(8)27(24,25)22(23)16(20)21-10-3-4-12(18)13(19)7-10/h2-7,23H,1H3,(H2,20,21). The number of fused-ring (bicyclic) bond motifs is 1. The summed E-state index contributed by atoms with van der Waals surface area (Å²) < 4.78 is 26.1. The Morgan fingerprint density at radius 1 is 1.15 bits per heavy atom. The minimum atomic E-state index is -4.36. The fraction of sp³-hybridized carbons (Fsp3) is 0.0625. The Morgan fingerprint density at radius 3 is 2.52 bits per heavy atom. The van der Waals surface area contributed by atoms with Crippen LogP contribution >= 0.6 is 46.1 Å². The summed E-state index contributed by atoms with van der Waals surface area (Å²) in [6.07, 6.45) is 0. The predicted molar refractivity (Wildman–Crippen MR) is 110 cm³/mol. The summed E-state index contributed by atoms with van der Waals surface area (Å²) in [4.78, 5) is 0. The van der Waals surface area contributed by atoms with Crippen LogP contribution in [0, 0.1) is 12.3 Å². The minimum Gasteiger partial charge on any atom is -0.324 e. The number of halogens is 3. The number of aryl methyl sites for hydroxylation is 1. The van der Waals surface area contributed by atoms with Crippen molar-refractivity contribution < 1.29 is 13.6 Å². The van der Waals surface area contributed by atoms with Gasteiger partial charge in [0.25, 0.3) is 10.0 Å². The fourth-order valence-electron chi connectivity index (χ4n) is 2.37. The molecule has 0 aliphatic heterocycles. The molecule has 0 saturated carbocycles. The van der Waals surface area contributed by atoms with Crippen LogP contribution in [0.1, 0.15) is 5.56 Å². The summed E-state index contributed by atoms with van der Waals surface area (Å²) >= 11 is 18.7. The van der Waals surface area contributed by atoms with Gasteiger partial charge in [-0.3, -0.25) is 10.6 Å². The average Bonchev–Trinajstić information content (AvgIpc) is 2.94. The molecule has 0 aliphatic carbocycles. The van der Waals surface area contributed by atoms with Crippen molar-refractivity contribution in [2.45, 2.75) is 11.1 Å². The predicted octanol–water partition coefficient (Wildman–Crippen LogP) is 5.60. The number of guanidine groups is 1. The zero-order chi connectivity index (χ0) is 19.9. The smallest absolute Gasteiger partial charge is 0.299 e. The van der Waals surface area contributed by atoms with Crippen LogP contribution in [-0.4, -0.2) is 24.1 Å². The zero-order valence-electron chi connectivity index (χ0n) is 13.6. The highest BCUT2D eigenvalue weighted by Gasteiger charge is 2.30. The molecular weight excluding hydrogens is 453 g/mol. The van der Waals surface area contributed by atoms with Crippen LogP contribution < -0.4 is 5.32 Å². The van der Waals surface area contributed by atoms with E-state index >= 15 is 0 Å². The van der Waals surface area contributed by atoms with Gasteiger partial charge in [-0.05, 0) is 54.3 Å². The van der Waals surface area contributed by atoms with Crippen molar-refractivity contribution in [3.05, 3.63) is 57.0 Å². The summed E-state index contributed by atoms with van der Waals surface area (Å²) in [5.41, 5.74) is 0.738. The van der Waals surface area contributed by atoms with Gasteiger partial charge >= 0.3 is 0 Å². The molecule has 6 nitrogen and oxygen atoms in total. The van der Waals surface area contributed by atoms with Gasteiger partial charge in [0.2, 0.25) is 5.96 Å². The van der Waals surface area contributed by atoms with Gasteiger partial charge in [0.1, 0.15) is 4.21 Å². The molecular formula is C16H12Cl3N3O3S2. The van der Waals surface area contributed by atoms with Crippen molar-refractivity contribution in [1.29, 1.82) is 5.41 Å². The highest BCUT2D eigenvalue weighted by molar-refractivity contribution is 7.91. The number of nitrogens with one attached hydrogen (secondary N) is 2. The van der Waals surface area contributed by atoms with E-state index in [1.165, 1.54) is 18.2 Å². The third-order valence-electron chi connectivity index (χ3n) is 3.69. The van der Waals surface area contributed by atoms with Crippen molar-refractivity contribution in [3.8, 4) is 0 Å². The largest absolute Gasteiger partial charge is 0.324 e. The van der Waals surface area contributed by atoms with Crippen molar-refractivity contribution in [1.82, 2.24) is 4.47 Å². The lowest BCUT2D eigenvalue weighted by atomic mass is 10.2. The maximum absolute atomic E-state index is 12.8. The monoisotopic (exact) mass is 463 g/mol. The van der Waals surface area contributed by atoms with Crippen molar-refractivity contribution in [2.75, 3.05) is 5.32 Å². The Morgan fingerprint density at radius 2 is 1.85 bits per heavy atom. The highest BCUT2D eigenvalue weighted by Crippen LogP contribution is 2.36. The number of sulfonamides is 1. The Balaban J connectivity index is 1.93. The molecule has 3 N–H and O–H groups in total. The van der Waals surface area contributed by atoms with E-state index in [0.29, 0.717) is 31.4 Å². The van der Waals surface area contributed by atoms with Gasteiger partial charge in [-0.15, -0.1) is 15.8 Å². The number of nitrogens with zero attached hydrogens (tertiary/aromatic N) is 1. The molecule has 27 heavy (non-hydrogen) atoms. The first-order chi connectivity index (χ1) is 12.6.